The lowest BCUT2D eigenvalue weighted by atomic mass is 10.2. The molecule has 0 atom stereocenters. The van der Waals surface area contributed by atoms with Crippen LogP contribution in [0.25, 0.3) is 0 Å². The third kappa shape index (κ3) is 5.88. The third-order valence-electron chi connectivity index (χ3n) is 3.56. The smallest absolute Gasteiger partial charge is 0.191 e. The van der Waals surface area contributed by atoms with Gasteiger partial charge in [0.25, 0.3) is 0 Å². The van der Waals surface area contributed by atoms with Gasteiger partial charge in [-0.05, 0) is 23.3 Å². The van der Waals surface area contributed by atoms with Crippen molar-refractivity contribution in [3.63, 3.8) is 0 Å². The molecule has 0 fully saturated rings. The summed E-state index contributed by atoms with van der Waals surface area (Å²) in [4.78, 5) is 4.15. The molecule has 2 aromatic carbocycles. The Labute approximate surface area is 149 Å². The number of methoxy groups -OCH3 is 1. The fourth-order valence-electron chi connectivity index (χ4n) is 2.25. The monoisotopic (exact) mass is 339 g/mol. The van der Waals surface area contributed by atoms with E-state index in [1.54, 1.807) is 20.2 Å². The Morgan fingerprint density at radius 2 is 1.88 bits per heavy atom. The molecule has 0 aromatic heterocycles. The first-order valence-electron chi connectivity index (χ1n) is 8.16. The first-order chi connectivity index (χ1) is 12.3. The maximum absolute atomic E-state index is 5.88. The number of benzene rings is 2. The van der Waals surface area contributed by atoms with Crippen LogP contribution in [-0.2, 0) is 13.2 Å². The molecule has 2 aromatic rings. The molecule has 0 saturated carbocycles. The average molecular weight is 339 g/mol. The van der Waals surface area contributed by atoms with E-state index >= 15 is 0 Å². The minimum Gasteiger partial charge on any atom is -0.493 e. The van der Waals surface area contributed by atoms with Crippen molar-refractivity contribution in [2.75, 3.05) is 20.7 Å². The van der Waals surface area contributed by atoms with Crippen LogP contribution >= 0.6 is 0 Å². The molecule has 25 heavy (non-hydrogen) atoms. The molecular formula is C20H25N3O2. The summed E-state index contributed by atoms with van der Waals surface area (Å²) in [5.41, 5.74) is 2.19. The summed E-state index contributed by atoms with van der Waals surface area (Å²) in [5.74, 6) is 2.16. The van der Waals surface area contributed by atoms with E-state index in [0.717, 1.165) is 22.8 Å². The quantitative estimate of drug-likeness (QED) is 0.441. The lowest BCUT2D eigenvalue weighted by molar-refractivity contribution is 0.284. The molecule has 0 saturated heterocycles. The lowest BCUT2D eigenvalue weighted by Gasteiger charge is -2.14. The Bertz CT molecular complexity index is 699. The second-order valence-corrected chi connectivity index (χ2v) is 5.35. The summed E-state index contributed by atoms with van der Waals surface area (Å²) in [6, 6.07) is 16.0. The van der Waals surface area contributed by atoms with Crippen molar-refractivity contribution in [3.8, 4) is 11.5 Å². The molecule has 0 amide bonds. The predicted octanol–water partition coefficient (Wildman–Crippen LogP) is 3.13. The number of guanidine groups is 1. The molecule has 2 N–H and O–H groups in total. The van der Waals surface area contributed by atoms with Gasteiger partial charge in [0, 0.05) is 20.1 Å². The van der Waals surface area contributed by atoms with Gasteiger partial charge in [-0.15, -0.1) is 6.58 Å². The molecule has 5 nitrogen and oxygen atoms in total. The number of rotatable bonds is 8. The normalized spacial score (nSPS) is 10.9. The van der Waals surface area contributed by atoms with Gasteiger partial charge in [-0.25, -0.2) is 0 Å². The van der Waals surface area contributed by atoms with E-state index in [2.05, 4.69) is 22.2 Å². The SMILES string of the molecule is C=CCNC(=NC)NCc1ccc(OCc2ccccc2)c(OC)c1. The Morgan fingerprint density at radius 3 is 2.56 bits per heavy atom. The lowest BCUT2D eigenvalue weighted by Crippen LogP contribution is -2.36. The van der Waals surface area contributed by atoms with E-state index in [-0.39, 0.29) is 0 Å². The van der Waals surface area contributed by atoms with E-state index < -0.39 is 0 Å². The maximum Gasteiger partial charge on any atom is 0.191 e. The van der Waals surface area contributed by atoms with Gasteiger partial charge in [0.2, 0.25) is 0 Å². The number of ether oxygens (including phenoxy) is 2. The fraction of sp³-hybridized carbons (Fsp3) is 0.250. The van der Waals surface area contributed by atoms with Gasteiger partial charge in [-0.1, -0.05) is 42.5 Å². The molecule has 0 aliphatic rings. The zero-order valence-corrected chi connectivity index (χ0v) is 14.8. The standard InChI is InChI=1S/C20H25N3O2/c1-4-12-22-20(21-2)23-14-17-10-11-18(19(13-17)24-3)25-15-16-8-6-5-7-9-16/h4-11,13H,1,12,14-15H2,2-3H3,(H2,21,22,23). The zero-order chi connectivity index (χ0) is 17.9. The summed E-state index contributed by atoms with van der Waals surface area (Å²) >= 11 is 0. The minimum absolute atomic E-state index is 0.507. The van der Waals surface area contributed by atoms with E-state index in [4.69, 9.17) is 9.47 Å². The van der Waals surface area contributed by atoms with Gasteiger partial charge < -0.3 is 20.1 Å². The molecule has 0 heterocycles. The Morgan fingerprint density at radius 1 is 1.08 bits per heavy atom. The molecule has 0 bridgehead atoms. The van der Waals surface area contributed by atoms with Crippen molar-refractivity contribution in [3.05, 3.63) is 72.3 Å². The summed E-state index contributed by atoms with van der Waals surface area (Å²) < 4.78 is 11.3. The van der Waals surface area contributed by atoms with Crippen LogP contribution in [-0.4, -0.2) is 26.7 Å². The first kappa shape index (κ1) is 18.4. The van der Waals surface area contributed by atoms with Crippen molar-refractivity contribution < 1.29 is 9.47 Å². The highest BCUT2D eigenvalue weighted by Crippen LogP contribution is 2.28. The van der Waals surface area contributed by atoms with Crippen molar-refractivity contribution >= 4 is 5.96 Å². The highest BCUT2D eigenvalue weighted by Gasteiger charge is 2.07. The summed E-state index contributed by atoms with van der Waals surface area (Å²) in [6.07, 6.45) is 1.79. The van der Waals surface area contributed by atoms with Gasteiger partial charge in [-0.3, -0.25) is 4.99 Å². The number of aliphatic imine (C=N–C) groups is 1. The molecule has 2 rings (SSSR count). The van der Waals surface area contributed by atoms with Crippen LogP contribution in [0, 0.1) is 0 Å². The molecule has 132 valence electrons. The van der Waals surface area contributed by atoms with Crippen LogP contribution in [0.4, 0.5) is 0 Å². The third-order valence-corrected chi connectivity index (χ3v) is 3.56. The van der Waals surface area contributed by atoms with Crippen LogP contribution in [0.5, 0.6) is 11.5 Å². The number of hydrogen-bond acceptors (Lipinski definition) is 3. The number of nitrogens with zero attached hydrogens (tertiary/aromatic N) is 1. The van der Waals surface area contributed by atoms with Crippen LogP contribution in [0.3, 0.4) is 0 Å². The summed E-state index contributed by atoms with van der Waals surface area (Å²) in [6.45, 7) is 5.48. The highest BCUT2D eigenvalue weighted by molar-refractivity contribution is 5.79. The van der Waals surface area contributed by atoms with Gasteiger partial charge in [0.05, 0.1) is 7.11 Å². The minimum atomic E-state index is 0.507. The summed E-state index contributed by atoms with van der Waals surface area (Å²) in [7, 11) is 3.38. The van der Waals surface area contributed by atoms with Crippen LogP contribution in [0.1, 0.15) is 11.1 Å². The van der Waals surface area contributed by atoms with E-state index in [1.165, 1.54) is 0 Å². The second kappa shape index (κ2) is 10.0. The van der Waals surface area contributed by atoms with Crippen molar-refractivity contribution in [2.45, 2.75) is 13.2 Å². The van der Waals surface area contributed by atoms with E-state index in [1.807, 2.05) is 48.5 Å². The molecule has 0 unspecified atom stereocenters. The van der Waals surface area contributed by atoms with Crippen LogP contribution in [0.2, 0.25) is 0 Å². The molecule has 0 aliphatic carbocycles. The van der Waals surface area contributed by atoms with Crippen molar-refractivity contribution in [1.29, 1.82) is 0 Å². The molecule has 5 heteroatoms. The van der Waals surface area contributed by atoms with Gasteiger partial charge in [0.15, 0.2) is 17.5 Å². The molecule has 0 radical (unpaired) electrons. The second-order valence-electron chi connectivity index (χ2n) is 5.35. The van der Waals surface area contributed by atoms with E-state index in [0.29, 0.717) is 25.4 Å². The van der Waals surface area contributed by atoms with Crippen LogP contribution < -0.4 is 20.1 Å². The number of hydrogen-bond donors (Lipinski definition) is 2. The molecule has 0 aliphatic heterocycles. The van der Waals surface area contributed by atoms with Crippen molar-refractivity contribution in [1.82, 2.24) is 10.6 Å². The fourth-order valence-corrected chi connectivity index (χ4v) is 2.25. The largest absolute Gasteiger partial charge is 0.493 e. The molecular weight excluding hydrogens is 314 g/mol. The Balaban J connectivity index is 1.97. The first-order valence-corrected chi connectivity index (χ1v) is 8.16. The predicted molar refractivity (Wildman–Crippen MR) is 102 cm³/mol. The van der Waals surface area contributed by atoms with Gasteiger partial charge in [-0.2, -0.15) is 0 Å². The summed E-state index contributed by atoms with van der Waals surface area (Å²) in [5, 5.41) is 6.38. The van der Waals surface area contributed by atoms with Crippen molar-refractivity contribution in [2.24, 2.45) is 4.99 Å². The average Bonchev–Trinajstić information content (AvgIpc) is 2.67. The van der Waals surface area contributed by atoms with Gasteiger partial charge >= 0.3 is 0 Å². The van der Waals surface area contributed by atoms with E-state index in [9.17, 15) is 0 Å². The maximum atomic E-state index is 5.88. The highest BCUT2D eigenvalue weighted by atomic mass is 16.5. The zero-order valence-electron chi connectivity index (χ0n) is 14.8. The molecule has 0 spiro atoms. The Kier molecular flexibility index (Phi) is 7.38. The topological polar surface area (TPSA) is 54.9 Å². The van der Waals surface area contributed by atoms with Gasteiger partial charge in [0.1, 0.15) is 6.61 Å². The number of nitrogens with one attached hydrogen (secondary N) is 2. The van der Waals surface area contributed by atoms with Crippen LogP contribution in [0.15, 0.2) is 66.2 Å². The Hall–Kier alpha value is -2.95.